The predicted octanol–water partition coefficient (Wildman–Crippen LogP) is 1.96. The first kappa shape index (κ1) is 12.7. The summed E-state index contributed by atoms with van der Waals surface area (Å²) < 4.78 is 5.08. The molecule has 98 valence electrons. The van der Waals surface area contributed by atoms with Crippen LogP contribution in [0.1, 0.15) is 41.8 Å². The fourth-order valence-electron chi connectivity index (χ4n) is 2.37. The Kier molecular flexibility index (Phi) is 3.69. The molecule has 0 spiro atoms. The Morgan fingerprint density at radius 1 is 1.33 bits per heavy atom. The summed E-state index contributed by atoms with van der Waals surface area (Å²) in [5.41, 5.74) is 0.551. The molecule has 1 aromatic heterocycles. The highest BCUT2D eigenvalue weighted by Gasteiger charge is 2.27. The van der Waals surface area contributed by atoms with Crippen LogP contribution in [0.25, 0.3) is 0 Å². The SMILES string of the molecule is Cc1occc1C(=O)NC1CCC(C(=O)O)CC1. The third kappa shape index (κ3) is 2.72. The van der Waals surface area contributed by atoms with Crippen LogP contribution in [0.5, 0.6) is 0 Å². The number of aliphatic carboxylic acids is 1. The fourth-order valence-corrected chi connectivity index (χ4v) is 2.37. The van der Waals surface area contributed by atoms with Crippen LogP contribution in [0.15, 0.2) is 16.7 Å². The maximum Gasteiger partial charge on any atom is 0.306 e. The second-order valence-electron chi connectivity index (χ2n) is 4.75. The van der Waals surface area contributed by atoms with Gasteiger partial charge >= 0.3 is 5.97 Å². The van der Waals surface area contributed by atoms with E-state index in [1.807, 2.05) is 0 Å². The van der Waals surface area contributed by atoms with Gasteiger partial charge < -0.3 is 14.8 Å². The van der Waals surface area contributed by atoms with Crippen molar-refractivity contribution in [1.82, 2.24) is 5.32 Å². The zero-order valence-electron chi connectivity index (χ0n) is 10.3. The normalized spacial score (nSPS) is 23.6. The zero-order valence-corrected chi connectivity index (χ0v) is 10.3. The number of rotatable bonds is 3. The second kappa shape index (κ2) is 5.25. The maximum absolute atomic E-state index is 11.9. The van der Waals surface area contributed by atoms with Crippen molar-refractivity contribution in [2.75, 3.05) is 0 Å². The Balaban J connectivity index is 1.87. The predicted molar refractivity (Wildman–Crippen MR) is 64.3 cm³/mol. The van der Waals surface area contributed by atoms with Gasteiger partial charge in [0.15, 0.2) is 0 Å². The first-order valence-electron chi connectivity index (χ1n) is 6.15. The van der Waals surface area contributed by atoms with E-state index in [4.69, 9.17) is 9.52 Å². The van der Waals surface area contributed by atoms with E-state index in [1.54, 1.807) is 13.0 Å². The average Bonchev–Trinajstić information content (AvgIpc) is 2.76. The monoisotopic (exact) mass is 251 g/mol. The van der Waals surface area contributed by atoms with Crippen LogP contribution in [-0.2, 0) is 4.79 Å². The van der Waals surface area contributed by atoms with Crippen molar-refractivity contribution in [3.8, 4) is 0 Å². The first-order chi connectivity index (χ1) is 8.58. The summed E-state index contributed by atoms with van der Waals surface area (Å²) in [7, 11) is 0. The van der Waals surface area contributed by atoms with E-state index in [0.29, 0.717) is 24.2 Å². The first-order valence-corrected chi connectivity index (χ1v) is 6.15. The van der Waals surface area contributed by atoms with Gasteiger partial charge in [0, 0.05) is 6.04 Å². The van der Waals surface area contributed by atoms with Crippen LogP contribution in [0.4, 0.5) is 0 Å². The highest BCUT2D eigenvalue weighted by molar-refractivity contribution is 5.95. The third-order valence-corrected chi connectivity index (χ3v) is 3.52. The molecule has 18 heavy (non-hydrogen) atoms. The van der Waals surface area contributed by atoms with Crippen LogP contribution < -0.4 is 5.32 Å². The molecule has 0 aromatic carbocycles. The van der Waals surface area contributed by atoms with Gasteiger partial charge in [-0.3, -0.25) is 9.59 Å². The number of amides is 1. The highest BCUT2D eigenvalue weighted by Crippen LogP contribution is 2.24. The molecule has 1 amide bonds. The number of carboxylic acid groups (broad SMARTS) is 1. The van der Waals surface area contributed by atoms with Gasteiger partial charge in [-0.05, 0) is 38.7 Å². The number of aryl methyl sites for hydroxylation is 1. The number of hydrogen-bond donors (Lipinski definition) is 2. The van der Waals surface area contributed by atoms with Crippen LogP contribution >= 0.6 is 0 Å². The largest absolute Gasteiger partial charge is 0.481 e. The summed E-state index contributed by atoms with van der Waals surface area (Å²) in [6.45, 7) is 1.75. The lowest BCUT2D eigenvalue weighted by Crippen LogP contribution is -2.38. The van der Waals surface area contributed by atoms with Gasteiger partial charge in [-0.1, -0.05) is 0 Å². The van der Waals surface area contributed by atoms with Gasteiger partial charge in [0.25, 0.3) is 5.91 Å². The molecule has 1 saturated carbocycles. The van der Waals surface area contributed by atoms with Gasteiger partial charge in [-0.15, -0.1) is 0 Å². The van der Waals surface area contributed by atoms with Gasteiger partial charge in [-0.2, -0.15) is 0 Å². The molecule has 0 unspecified atom stereocenters. The minimum Gasteiger partial charge on any atom is -0.481 e. The van der Waals surface area contributed by atoms with E-state index in [2.05, 4.69) is 5.32 Å². The Morgan fingerprint density at radius 2 is 2.00 bits per heavy atom. The zero-order chi connectivity index (χ0) is 13.1. The topological polar surface area (TPSA) is 79.5 Å². The van der Waals surface area contributed by atoms with Crippen molar-refractivity contribution in [2.24, 2.45) is 5.92 Å². The number of carbonyl (C=O) groups is 2. The number of carboxylic acids is 1. The number of furan rings is 1. The summed E-state index contributed by atoms with van der Waals surface area (Å²) in [6, 6.07) is 1.72. The molecule has 1 aliphatic rings. The lowest BCUT2D eigenvalue weighted by molar-refractivity contribution is -0.142. The summed E-state index contributed by atoms with van der Waals surface area (Å²) in [4.78, 5) is 22.7. The van der Waals surface area contributed by atoms with Crippen LogP contribution in [-0.4, -0.2) is 23.0 Å². The second-order valence-corrected chi connectivity index (χ2v) is 4.75. The van der Waals surface area contributed by atoms with E-state index >= 15 is 0 Å². The minimum atomic E-state index is -0.731. The fraction of sp³-hybridized carbons (Fsp3) is 0.538. The third-order valence-electron chi connectivity index (χ3n) is 3.52. The average molecular weight is 251 g/mol. The van der Waals surface area contributed by atoms with Crippen molar-refractivity contribution in [3.05, 3.63) is 23.7 Å². The number of hydrogen-bond acceptors (Lipinski definition) is 3. The van der Waals surface area contributed by atoms with E-state index in [0.717, 1.165) is 12.8 Å². The molecule has 1 fully saturated rings. The Labute approximate surface area is 105 Å². The summed E-state index contributed by atoms with van der Waals surface area (Å²) in [5, 5.41) is 11.8. The molecule has 5 nitrogen and oxygen atoms in total. The van der Waals surface area contributed by atoms with Gasteiger partial charge in [0.05, 0.1) is 17.7 Å². The molecule has 0 atom stereocenters. The molecule has 1 aliphatic carbocycles. The van der Waals surface area contributed by atoms with Crippen LogP contribution in [0, 0.1) is 12.8 Å². The smallest absolute Gasteiger partial charge is 0.306 e. The van der Waals surface area contributed by atoms with Gasteiger partial charge in [0.2, 0.25) is 0 Å². The standard InChI is InChI=1S/C13H17NO4/c1-8-11(6-7-18-8)12(15)14-10-4-2-9(3-5-10)13(16)17/h6-7,9-10H,2-5H2,1H3,(H,14,15)(H,16,17). The van der Waals surface area contributed by atoms with E-state index < -0.39 is 5.97 Å². The van der Waals surface area contributed by atoms with Crippen molar-refractivity contribution in [3.63, 3.8) is 0 Å². The summed E-state index contributed by atoms with van der Waals surface area (Å²) in [5.74, 6) is -0.522. The highest BCUT2D eigenvalue weighted by atomic mass is 16.4. The quantitative estimate of drug-likeness (QED) is 0.860. The molecule has 0 aliphatic heterocycles. The van der Waals surface area contributed by atoms with Crippen LogP contribution in [0.2, 0.25) is 0 Å². The molecule has 0 saturated heterocycles. The van der Waals surface area contributed by atoms with Crippen molar-refractivity contribution >= 4 is 11.9 Å². The van der Waals surface area contributed by atoms with Crippen molar-refractivity contribution < 1.29 is 19.1 Å². The minimum absolute atomic E-state index is 0.0717. The molecule has 2 rings (SSSR count). The lowest BCUT2D eigenvalue weighted by atomic mass is 9.86. The molecule has 1 heterocycles. The Morgan fingerprint density at radius 3 is 2.50 bits per heavy atom. The van der Waals surface area contributed by atoms with E-state index in [1.165, 1.54) is 6.26 Å². The van der Waals surface area contributed by atoms with E-state index in [-0.39, 0.29) is 17.9 Å². The van der Waals surface area contributed by atoms with Crippen molar-refractivity contribution in [2.45, 2.75) is 38.6 Å². The molecular formula is C13H17NO4. The van der Waals surface area contributed by atoms with Crippen molar-refractivity contribution in [1.29, 1.82) is 0 Å². The number of nitrogens with one attached hydrogen (secondary N) is 1. The Hall–Kier alpha value is -1.78. The molecule has 5 heteroatoms. The summed E-state index contributed by atoms with van der Waals surface area (Å²) >= 11 is 0. The molecule has 0 radical (unpaired) electrons. The summed E-state index contributed by atoms with van der Waals surface area (Å²) in [6.07, 6.45) is 4.19. The lowest BCUT2D eigenvalue weighted by Gasteiger charge is -2.26. The van der Waals surface area contributed by atoms with E-state index in [9.17, 15) is 9.59 Å². The van der Waals surface area contributed by atoms with Crippen LogP contribution in [0.3, 0.4) is 0 Å². The van der Waals surface area contributed by atoms with Gasteiger partial charge in [0.1, 0.15) is 5.76 Å². The molecule has 0 bridgehead atoms. The molecule has 2 N–H and O–H groups in total. The maximum atomic E-state index is 11.9. The molecular weight excluding hydrogens is 234 g/mol. The Bertz CT molecular complexity index is 444. The molecule has 1 aromatic rings. The van der Waals surface area contributed by atoms with Gasteiger partial charge in [-0.25, -0.2) is 0 Å². The number of carbonyl (C=O) groups excluding carboxylic acids is 1.